The first-order chi connectivity index (χ1) is 8.22. The number of rotatable bonds is 6. The van der Waals surface area contributed by atoms with Gasteiger partial charge in [-0.1, -0.05) is 6.92 Å². The largest absolute Gasteiger partial charge is 0.376 e. The Balaban J connectivity index is 2.18. The van der Waals surface area contributed by atoms with Crippen LogP contribution in [-0.2, 0) is 11.8 Å². The number of nitrogens with zero attached hydrogens (tertiary/aromatic N) is 2. The van der Waals surface area contributed by atoms with Crippen molar-refractivity contribution in [1.29, 1.82) is 0 Å². The predicted molar refractivity (Wildman–Crippen MR) is 67.8 cm³/mol. The van der Waals surface area contributed by atoms with Crippen molar-refractivity contribution < 1.29 is 4.74 Å². The molecule has 1 aliphatic carbocycles. The molecule has 0 bridgehead atoms. The van der Waals surface area contributed by atoms with Crippen molar-refractivity contribution in [2.24, 2.45) is 7.05 Å². The Hall–Kier alpha value is -0.870. The number of aryl methyl sites for hydroxylation is 1. The minimum Gasteiger partial charge on any atom is -0.376 e. The lowest BCUT2D eigenvalue weighted by Gasteiger charge is -2.46. The van der Waals surface area contributed by atoms with E-state index in [9.17, 15) is 0 Å². The first-order valence-corrected chi connectivity index (χ1v) is 6.50. The molecule has 1 aromatic heterocycles. The van der Waals surface area contributed by atoms with E-state index >= 15 is 0 Å². The van der Waals surface area contributed by atoms with E-state index in [2.05, 4.69) is 23.4 Å². The number of hydrogen-bond donors (Lipinski definition) is 1. The lowest BCUT2D eigenvalue weighted by atomic mass is 9.73. The highest BCUT2D eigenvalue weighted by Gasteiger charge is 2.45. The van der Waals surface area contributed by atoms with Gasteiger partial charge >= 0.3 is 0 Å². The van der Waals surface area contributed by atoms with Crippen molar-refractivity contribution in [3.63, 3.8) is 0 Å². The van der Waals surface area contributed by atoms with Gasteiger partial charge < -0.3 is 10.1 Å². The van der Waals surface area contributed by atoms with Crippen LogP contribution in [0.4, 0.5) is 0 Å². The van der Waals surface area contributed by atoms with Gasteiger partial charge in [-0.3, -0.25) is 4.68 Å². The van der Waals surface area contributed by atoms with Gasteiger partial charge in [0.2, 0.25) is 0 Å². The summed E-state index contributed by atoms with van der Waals surface area (Å²) in [7, 11) is 3.78. The molecule has 1 N–H and O–H groups in total. The molecule has 1 saturated carbocycles. The van der Waals surface area contributed by atoms with Crippen LogP contribution in [0.3, 0.4) is 0 Å². The molecular formula is C13H23N3O. The summed E-state index contributed by atoms with van der Waals surface area (Å²) in [5, 5.41) is 8.13. The minimum atomic E-state index is -0.0382. The zero-order chi connectivity index (χ0) is 12.3. The standard InChI is InChI=1S/C13H23N3O/c1-4-9-14-12(11-6-10-16(2)15-11)13(17-3)7-5-8-13/h6,10,12,14H,4-5,7-9H2,1-3H3. The highest BCUT2D eigenvalue weighted by Crippen LogP contribution is 2.44. The Morgan fingerprint density at radius 3 is 2.76 bits per heavy atom. The van der Waals surface area contributed by atoms with Crippen molar-refractivity contribution >= 4 is 0 Å². The van der Waals surface area contributed by atoms with Crippen LogP contribution in [0, 0.1) is 0 Å². The van der Waals surface area contributed by atoms with Crippen molar-refractivity contribution in [3.8, 4) is 0 Å². The molecule has 0 amide bonds. The smallest absolute Gasteiger partial charge is 0.0888 e. The van der Waals surface area contributed by atoms with Crippen molar-refractivity contribution in [2.45, 2.75) is 44.2 Å². The molecule has 1 heterocycles. The molecular weight excluding hydrogens is 214 g/mol. The van der Waals surface area contributed by atoms with Gasteiger partial charge in [0.1, 0.15) is 0 Å². The first kappa shape index (κ1) is 12.6. The van der Waals surface area contributed by atoms with E-state index in [-0.39, 0.29) is 11.6 Å². The molecule has 1 aliphatic rings. The van der Waals surface area contributed by atoms with E-state index in [4.69, 9.17) is 4.74 Å². The lowest BCUT2D eigenvalue weighted by molar-refractivity contribution is -0.101. The minimum absolute atomic E-state index is 0.0382. The van der Waals surface area contributed by atoms with Crippen molar-refractivity contribution in [3.05, 3.63) is 18.0 Å². The fourth-order valence-electron chi connectivity index (χ4n) is 2.57. The van der Waals surface area contributed by atoms with Crippen LogP contribution in [0.2, 0.25) is 0 Å². The molecule has 2 rings (SSSR count). The quantitative estimate of drug-likeness (QED) is 0.823. The summed E-state index contributed by atoms with van der Waals surface area (Å²) in [6.07, 6.45) is 6.63. The van der Waals surface area contributed by atoms with Gasteiger partial charge in [0.25, 0.3) is 0 Å². The average molecular weight is 237 g/mol. The van der Waals surface area contributed by atoms with E-state index in [1.807, 2.05) is 25.0 Å². The summed E-state index contributed by atoms with van der Waals surface area (Å²) >= 11 is 0. The second-order valence-electron chi connectivity index (χ2n) is 4.92. The molecule has 17 heavy (non-hydrogen) atoms. The molecule has 4 nitrogen and oxygen atoms in total. The highest BCUT2D eigenvalue weighted by molar-refractivity contribution is 5.15. The van der Waals surface area contributed by atoms with Gasteiger partial charge in [0.15, 0.2) is 0 Å². The first-order valence-electron chi connectivity index (χ1n) is 6.50. The van der Waals surface area contributed by atoms with Crippen LogP contribution < -0.4 is 5.32 Å². The maximum absolute atomic E-state index is 5.78. The number of aromatic nitrogens is 2. The molecule has 96 valence electrons. The van der Waals surface area contributed by atoms with Crippen molar-refractivity contribution in [2.75, 3.05) is 13.7 Å². The average Bonchev–Trinajstić information content (AvgIpc) is 2.68. The third kappa shape index (κ3) is 2.38. The SMILES string of the molecule is CCCNC(c1ccn(C)n1)C1(OC)CCC1. The Labute approximate surface area is 103 Å². The van der Waals surface area contributed by atoms with Crippen LogP contribution in [0.1, 0.15) is 44.3 Å². The Morgan fingerprint density at radius 1 is 1.59 bits per heavy atom. The van der Waals surface area contributed by atoms with Gasteiger partial charge in [-0.25, -0.2) is 0 Å². The topological polar surface area (TPSA) is 39.1 Å². The van der Waals surface area contributed by atoms with Crippen molar-refractivity contribution in [1.82, 2.24) is 15.1 Å². The van der Waals surface area contributed by atoms with Crippen LogP contribution in [0.25, 0.3) is 0 Å². The molecule has 1 atom stereocenters. The second kappa shape index (κ2) is 5.19. The van der Waals surface area contributed by atoms with Crippen LogP contribution in [0.15, 0.2) is 12.3 Å². The molecule has 1 fully saturated rings. The fraction of sp³-hybridized carbons (Fsp3) is 0.769. The van der Waals surface area contributed by atoms with Gasteiger partial charge in [-0.05, 0) is 38.3 Å². The van der Waals surface area contributed by atoms with E-state index < -0.39 is 0 Å². The zero-order valence-corrected chi connectivity index (χ0v) is 11.1. The van der Waals surface area contributed by atoms with Crippen LogP contribution in [0.5, 0.6) is 0 Å². The maximum atomic E-state index is 5.78. The van der Waals surface area contributed by atoms with Gasteiger partial charge in [-0.2, -0.15) is 5.10 Å². The Kier molecular flexibility index (Phi) is 3.84. The predicted octanol–water partition coefficient (Wildman–Crippen LogP) is 2.03. The maximum Gasteiger partial charge on any atom is 0.0888 e. The van der Waals surface area contributed by atoms with E-state index in [1.54, 1.807) is 0 Å². The molecule has 0 saturated heterocycles. The molecule has 1 unspecified atom stereocenters. The second-order valence-corrected chi connectivity index (χ2v) is 4.92. The van der Waals surface area contributed by atoms with Crippen LogP contribution in [-0.4, -0.2) is 29.0 Å². The van der Waals surface area contributed by atoms with Gasteiger partial charge in [0.05, 0.1) is 17.3 Å². The summed E-state index contributed by atoms with van der Waals surface area (Å²) in [5.74, 6) is 0. The molecule has 4 heteroatoms. The normalized spacial score (nSPS) is 19.9. The van der Waals surface area contributed by atoms with E-state index in [1.165, 1.54) is 6.42 Å². The summed E-state index contributed by atoms with van der Waals surface area (Å²) in [4.78, 5) is 0. The number of methoxy groups -OCH3 is 1. The molecule has 0 aromatic carbocycles. The summed E-state index contributed by atoms with van der Waals surface area (Å²) < 4.78 is 7.64. The third-order valence-corrected chi connectivity index (χ3v) is 3.76. The molecule has 0 radical (unpaired) electrons. The lowest BCUT2D eigenvalue weighted by Crippen LogP contribution is -2.51. The third-order valence-electron chi connectivity index (χ3n) is 3.76. The van der Waals surface area contributed by atoms with Crippen LogP contribution >= 0.6 is 0 Å². The van der Waals surface area contributed by atoms with E-state index in [0.717, 1.165) is 31.5 Å². The van der Waals surface area contributed by atoms with Gasteiger partial charge in [-0.15, -0.1) is 0 Å². The summed E-state index contributed by atoms with van der Waals surface area (Å²) in [5.41, 5.74) is 1.06. The Morgan fingerprint density at radius 2 is 2.35 bits per heavy atom. The summed E-state index contributed by atoms with van der Waals surface area (Å²) in [6, 6.07) is 2.31. The molecule has 0 spiro atoms. The van der Waals surface area contributed by atoms with Gasteiger partial charge in [0, 0.05) is 20.4 Å². The highest BCUT2D eigenvalue weighted by atomic mass is 16.5. The van der Waals surface area contributed by atoms with E-state index in [0.29, 0.717) is 0 Å². The number of ether oxygens (including phenoxy) is 1. The monoisotopic (exact) mass is 237 g/mol. The summed E-state index contributed by atoms with van der Waals surface area (Å²) in [6.45, 7) is 3.19. The zero-order valence-electron chi connectivity index (χ0n) is 11.1. The fourth-order valence-corrected chi connectivity index (χ4v) is 2.57. The Bertz CT molecular complexity index is 352. The number of nitrogens with one attached hydrogen (secondary N) is 1. The molecule has 0 aliphatic heterocycles. The molecule has 1 aromatic rings. The number of hydrogen-bond acceptors (Lipinski definition) is 3.